The summed E-state index contributed by atoms with van der Waals surface area (Å²) in [7, 11) is 0. The third kappa shape index (κ3) is 5.26. The van der Waals surface area contributed by atoms with Gasteiger partial charge in [-0.05, 0) is 13.0 Å². The van der Waals surface area contributed by atoms with Crippen molar-refractivity contribution in [3.8, 4) is 0 Å². The van der Waals surface area contributed by atoms with Crippen LogP contribution in [0.25, 0.3) is 0 Å². The molecule has 0 aromatic rings. The monoisotopic (exact) mass is 131 g/mol. The van der Waals surface area contributed by atoms with Crippen LogP contribution in [0, 0.1) is 0 Å². The summed E-state index contributed by atoms with van der Waals surface area (Å²) in [4.78, 5) is 9.85. The van der Waals surface area contributed by atoms with Gasteiger partial charge in [-0.25, -0.2) is 0 Å². The molecule has 0 bridgehead atoms. The second kappa shape index (κ2) is 4.29. The van der Waals surface area contributed by atoms with Crippen LogP contribution in [0.15, 0.2) is 0 Å². The second-order valence-electron chi connectivity index (χ2n) is 1.91. The summed E-state index contributed by atoms with van der Waals surface area (Å²) in [6.45, 7) is 0.425. The number of carbonyl (C=O) groups is 1. The highest BCUT2D eigenvalue weighted by atomic mass is 16.4. The number of carbonyl (C=O) groups excluding carboxylic acids is 1. The van der Waals surface area contributed by atoms with E-state index >= 15 is 0 Å². The molecule has 0 heterocycles. The number of rotatable bonds is 4. The third-order valence-corrected chi connectivity index (χ3v) is 0.966. The van der Waals surface area contributed by atoms with Crippen LogP contribution in [0.3, 0.4) is 0 Å². The van der Waals surface area contributed by atoms with E-state index in [4.69, 9.17) is 11.5 Å². The van der Waals surface area contributed by atoms with E-state index in [1.807, 2.05) is 0 Å². The van der Waals surface area contributed by atoms with Crippen LogP contribution < -0.4 is 16.6 Å². The predicted molar refractivity (Wildman–Crippen MR) is 31.3 cm³/mol. The molecule has 0 aromatic carbocycles. The van der Waals surface area contributed by atoms with E-state index in [0.29, 0.717) is 13.0 Å². The average Bonchev–Trinajstić information content (AvgIpc) is 1.63. The molecule has 0 fully saturated rings. The molecule has 0 saturated heterocycles. The Balaban J connectivity index is 3.26. The topological polar surface area (TPSA) is 92.2 Å². The highest BCUT2D eigenvalue weighted by Crippen LogP contribution is 1.89. The Hall–Kier alpha value is -0.610. The van der Waals surface area contributed by atoms with E-state index in [9.17, 15) is 9.90 Å². The van der Waals surface area contributed by atoms with Crippen molar-refractivity contribution >= 4 is 5.97 Å². The Morgan fingerprint density at radius 1 is 1.67 bits per heavy atom. The Labute approximate surface area is 53.8 Å². The van der Waals surface area contributed by atoms with Gasteiger partial charge < -0.3 is 21.4 Å². The fourth-order valence-electron chi connectivity index (χ4n) is 0.530. The number of nitrogens with two attached hydrogens (primary N) is 2. The quantitative estimate of drug-likeness (QED) is 0.453. The molecule has 0 aliphatic carbocycles. The van der Waals surface area contributed by atoms with Crippen molar-refractivity contribution in [1.82, 2.24) is 0 Å². The molecule has 1 unspecified atom stereocenters. The van der Waals surface area contributed by atoms with Gasteiger partial charge in [0, 0.05) is 18.4 Å². The van der Waals surface area contributed by atoms with Crippen molar-refractivity contribution in [2.75, 3.05) is 6.54 Å². The Kier molecular flexibility index (Phi) is 4.00. The van der Waals surface area contributed by atoms with Gasteiger partial charge in [0.25, 0.3) is 0 Å². The summed E-state index contributed by atoms with van der Waals surface area (Å²) in [5, 5.41) is 9.85. The smallest absolute Gasteiger partial charge is 0.0429 e. The molecule has 0 aliphatic heterocycles. The number of carboxylic acid groups (broad SMARTS) is 1. The number of hydrogen-bond donors (Lipinski definition) is 2. The van der Waals surface area contributed by atoms with Crippen molar-refractivity contribution in [3.63, 3.8) is 0 Å². The van der Waals surface area contributed by atoms with Crippen LogP contribution in [0.4, 0.5) is 0 Å². The lowest BCUT2D eigenvalue weighted by Gasteiger charge is -2.09. The normalized spacial score (nSPS) is 13.1. The van der Waals surface area contributed by atoms with Crippen molar-refractivity contribution in [2.45, 2.75) is 18.9 Å². The summed E-state index contributed by atoms with van der Waals surface area (Å²) in [6, 6.07) is -0.347. The van der Waals surface area contributed by atoms with Crippen LogP contribution in [0.2, 0.25) is 0 Å². The first-order chi connectivity index (χ1) is 4.16. The molecule has 0 aromatic heterocycles. The lowest BCUT2D eigenvalue weighted by molar-refractivity contribution is -0.306. The lowest BCUT2D eigenvalue weighted by atomic mass is 10.1. The minimum Gasteiger partial charge on any atom is -0.550 e. The average molecular weight is 131 g/mol. The first-order valence-electron chi connectivity index (χ1n) is 2.82. The third-order valence-electron chi connectivity index (χ3n) is 0.966. The van der Waals surface area contributed by atoms with Gasteiger partial charge in [0.2, 0.25) is 0 Å². The molecule has 0 aliphatic rings. The maximum atomic E-state index is 9.85. The zero-order valence-corrected chi connectivity index (χ0v) is 5.17. The molecule has 0 saturated carbocycles. The fourth-order valence-corrected chi connectivity index (χ4v) is 0.530. The van der Waals surface area contributed by atoms with E-state index in [1.54, 1.807) is 0 Å². The summed E-state index contributed by atoms with van der Waals surface area (Å²) in [5.41, 5.74) is 10.4. The molecular formula is C5H11N2O2-. The minimum absolute atomic E-state index is 0.100. The maximum absolute atomic E-state index is 9.85. The fraction of sp³-hybridized carbons (Fsp3) is 0.800. The van der Waals surface area contributed by atoms with Crippen LogP contribution >= 0.6 is 0 Å². The summed E-state index contributed by atoms with van der Waals surface area (Å²) >= 11 is 0. The molecule has 0 radical (unpaired) electrons. The van der Waals surface area contributed by atoms with Crippen molar-refractivity contribution < 1.29 is 9.90 Å². The van der Waals surface area contributed by atoms with Gasteiger partial charge >= 0.3 is 0 Å². The van der Waals surface area contributed by atoms with E-state index in [-0.39, 0.29) is 12.5 Å². The van der Waals surface area contributed by atoms with Crippen LogP contribution in [-0.2, 0) is 4.79 Å². The standard InChI is InChI=1S/C5H12N2O2/c6-2-1-4(7)3-5(8)9/h4H,1-3,6-7H2,(H,8,9)/p-1. The van der Waals surface area contributed by atoms with E-state index in [2.05, 4.69) is 0 Å². The first kappa shape index (κ1) is 8.39. The zero-order valence-electron chi connectivity index (χ0n) is 5.17. The molecule has 9 heavy (non-hydrogen) atoms. The second-order valence-corrected chi connectivity index (χ2v) is 1.91. The summed E-state index contributed by atoms with van der Waals surface area (Å²) in [5.74, 6) is -1.11. The zero-order chi connectivity index (χ0) is 7.28. The van der Waals surface area contributed by atoms with E-state index in [1.165, 1.54) is 0 Å². The van der Waals surface area contributed by atoms with E-state index < -0.39 is 5.97 Å². The van der Waals surface area contributed by atoms with Gasteiger partial charge in [-0.15, -0.1) is 0 Å². The van der Waals surface area contributed by atoms with Gasteiger partial charge in [-0.3, -0.25) is 0 Å². The Morgan fingerprint density at radius 2 is 2.22 bits per heavy atom. The lowest BCUT2D eigenvalue weighted by Crippen LogP contribution is -2.33. The SMILES string of the molecule is NCCC(N)CC(=O)[O-]. The molecule has 1 atom stereocenters. The Morgan fingerprint density at radius 3 is 2.56 bits per heavy atom. The van der Waals surface area contributed by atoms with Gasteiger partial charge in [-0.1, -0.05) is 0 Å². The minimum atomic E-state index is -1.11. The number of hydrogen-bond acceptors (Lipinski definition) is 4. The number of carboxylic acids is 1. The van der Waals surface area contributed by atoms with Gasteiger partial charge in [0.1, 0.15) is 0 Å². The maximum Gasteiger partial charge on any atom is 0.0429 e. The highest BCUT2D eigenvalue weighted by Gasteiger charge is 1.99. The molecule has 0 amide bonds. The van der Waals surface area contributed by atoms with Gasteiger partial charge in [0.05, 0.1) is 0 Å². The Bertz CT molecular complexity index is 95.0. The number of aliphatic carboxylic acids is 1. The van der Waals surface area contributed by atoms with Crippen molar-refractivity contribution in [3.05, 3.63) is 0 Å². The van der Waals surface area contributed by atoms with Gasteiger partial charge in [-0.2, -0.15) is 0 Å². The molecule has 4 heteroatoms. The molecule has 54 valence electrons. The molecule has 4 nitrogen and oxygen atoms in total. The largest absolute Gasteiger partial charge is 0.550 e. The molecule has 0 spiro atoms. The van der Waals surface area contributed by atoms with E-state index in [0.717, 1.165) is 0 Å². The van der Waals surface area contributed by atoms with Crippen LogP contribution in [0.5, 0.6) is 0 Å². The van der Waals surface area contributed by atoms with Crippen molar-refractivity contribution in [2.24, 2.45) is 11.5 Å². The van der Waals surface area contributed by atoms with Gasteiger partial charge in [0.15, 0.2) is 0 Å². The van der Waals surface area contributed by atoms with Crippen LogP contribution in [0.1, 0.15) is 12.8 Å². The summed E-state index contributed by atoms with van der Waals surface area (Å²) in [6.07, 6.45) is 0.436. The molecule has 4 N–H and O–H groups in total. The first-order valence-corrected chi connectivity index (χ1v) is 2.82. The molecule has 0 rings (SSSR count). The molecular weight excluding hydrogens is 120 g/mol. The van der Waals surface area contributed by atoms with Crippen LogP contribution in [-0.4, -0.2) is 18.6 Å². The highest BCUT2D eigenvalue weighted by molar-refractivity contribution is 5.64. The van der Waals surface area contributed by atoms with Crippen molar-refractivity contribution in [1.29, 1.82) is 0 Å². The predicted octanol–water partition coefficient (Wildman–Crippen LogP) is -2.20. The summed E-state index contributed by atoms with van der Waals surface area (Å²) < 4.78 is 0.